The average molecular weight is 374 g/mol. The summed E-state index contributed by atoms with van der Waals surface area (Å²) in [5.41, 5.74) is 1.03. The lowest BCUT2D eigenvalue weighted by molar-refractivity contribution is -0.133. The van der Waals surface area contributed by atoms with Gasteiger partial charge in [0.05, 0.1) is 13.2 Å². The van der Waals surface area contributed by atoms with E-state index in [1.54, 1.807) is 0 Å². The summed E-state index contributed by atoms with van der Waals surface area (Å²) in [5, 5.41) is 3.78. The highest BCUT2D eigenvalue weighted by molar-refractivity contribution is 9.10. The number of morpholine rings is 1. The molecule has 1 saturated carbocycles. The van der Waals surface area contributed by atoms with E-state index in [1.807, 2.05) is 18.2 Å². The van der Waals surface area contributed by atoms with E-state index in [4.69, 9.17) is 16.3 Å². The van der Waals surface area contributed by atoms with Gasteiger partial charge in [-0.1, -0.05) is 33.6 Å². The van der Waals surface area contributed by atoms with Gasteiger partial charge in [0.25, 0.3) is 0 Å². The van der Waals surface area contributed by atoms with Gasteiger partial charge in [0, 0.05) is 28.6 Å². The molecule has 0 bridgehead atoms. The number of ether oxygens (including phenoxy) is 1. The third-order valence-corrected chi connectivity index (χ3v) is 4.70. The predicted molar refractivity (Wildman–Crippen MR) is 85.3 cm³/mol. The molecule has 0 aromatic heterocycles. The molecule has 1 amide bonds. The third kappa shape index (κ3) is 3.97. The van der Waals surface area contributed by atoms with Crippen molar-refractivity contribution in [3.05, 3.63) is 33.3 Å². The Morgan fingerprint density at radius 1 is 1.48 bits per heavy atom. The number of halogens is 2. The van der Waals surface area contributed by atoms with Gasteiger partial charge in [-0.25, -0.2) is 0 Å². The number of amides is 1. The van der Waals surface area contributed by atoms with Crippen molar-refractivity contribution in [1.82, 2.24) is 10.2 Å². The first-order valence-corrected chi connectivity index (χ1v) is 8.36. The van der Waals surface area contributed by atoms with Gasteiger partial charge in [-0.05, 0) is 30.5 Å². The average Bonchev–Trinajstić information content (AvgIpc) is 3.26. The predicted octanol–water partition coefficient (Wildman–Crippen LogP) is 2.58. The van der Waals surface area contributed by atoms with Crippen LogP contribution >= 0.6 is 27.5 Å². The zero-order valence-electron chi connectivity index (χ0n) is 11.6. The minimum absolute atomic E-state index is 0.0745. The monoisotopic (exact) mass is 372 g/mol. The first-order chi connectivity index (χ1) is 10.1. The maximum atomic E-state index is 12.3. The van der Waals surface area contributed by atoms with Crippen LogP contribution < -0.4 is 5.32 Å². The van der Waals surface area contributed by atoms with Crippen LogP contribution in [0.25, 0.3) is 0 Å². The van der Waals surface area contributed by atoms with Crippen LogP contribution in [0.2, 0.25) is 5.02 Å². The molecule has 21 heavy (non-hydrogen) atoms. The lowest BCUT2D eigenvalue weighted by atomic mass is 10.1. The first-order valence-electron chi connectivity index (χ1n) is 7.19. The summed E-state index contributed by atoms with van der Waals surface area (Å²) in [5.74, 6) is 0.0745. The van der Waals surface area contributed by atoms with Gasteiger partial charge in [-0.2, -0.15) is 0 Å². The summed E-state index contributed by atoms with van der Waals surface area (Å²) < 4.78 is 6.44. The summed E-state index contributed by atoms with van der Waals surface area (Å²) in [6.45, 7) is 2.52. The van der Waals surface area contributed by atoms with Crippen molar-refractivity contribution in [2.75, 3.05) is 19.8 Å². The molecule has 2 fully saturated rings. The number of nitrogens with zero attached hydrogens (tertiary/aromatic N) is 1. The Morgan fingerprint density at radius 2 is 2.29 bits per heavy atom. The van der Waals surface area contributed by atoms with Gasteiger partial charge < -0.3 is 10.1 Å². The highest BCUT2D eigenvalue weighted by Gasteiger charge is 2.33. The Kier molecular flexibility index (Phi) is 4.84. The maximum absolute atomic E-state index is 12.3. The minimum Gasteiger partial charge on any atom is -0.378 e. The fraction of sp³-hybridized carbons (Fsp3) is 0.533. The van der Waals surface area contributed by atoms with Crippen LogP contribution in [0.1, 0.15) is 18.4 Å². The van der Waals surface area contributed by atoms with Crippen molar-refractivity contribution in [2.45, 2.75) is 31.5 Å². The molecular formula is C15H18BrClN2O2. The molecule has 0 radical (unpaired) electrons. The van der Waals surface area contributed by atoms with Crippen LogP contribution in [0.15, 0.2) is 22.7 Å². The molecule has 114 valence electrons. The highest BCUT2D eigenvalue weighted by Crippen LogP contribution is 2.24. The molecule has 0 spiro atoms. The molecule has 1 heterocycles. The first kappa shape index (κ1) is 15.3. The fourth-order valence-electron chi connectivity index (χ4n) is 2.46. The van der Waals surface area contributed by atoms with E-state index in [2.05, 4.69) is 26.1 Å². The molecule has 1 aliphatic heterocycles. The molecule has 4 nitrogen and oxygen atoms in total. The smallest absolute Gasteiger partial charge is 0.239 e. The van der Waals surface area contributed by atoms with E-state index >= 15 is 0 Å². The van der Waals surface area contributed by atoms with Gasteiger partial charge in [-0.15, -0.1) is 0 Å². The van der Waals surface area contributed by atoms with Crippen molar-refractivity contribution in [2.24, 2.45) is 0 Å². The molecule has 1 unspecified atom stereocenters. The van der Waals surface area contributed by atoms with E-state index < -0.39 is 0 Å². The van der Waals surface area contributed by atoms with Gasteiger partial charge in [0.1, 0.15) is 6.04 Å². The largest absolute Gasteiger partial charge is 0.378 e. The van der Waals surface area contributed by atoms with Crippen molar-refractivity contribution in [1.29, 1.82) is 0 Å². The van der Waals surface area contributed by atoms with Crippen LogP contribution in [0.5, 0.6) is 0 Å². The van der Waals surface area contributed by atoms with Crippen LogP contribution in [-0.2, 0) is 16.1 Å². The second kappa shape index (κ2) is 6.65. The molecule has 1 saturated heterocycles. The third-order valence-electron chi connectivity index (χ3n) is 3.85. The Morgan fingerprint density at radius 3 is 3.00 bits per heavy atom. The zero-order valence-corrected chi connectivity index (χ0v) is 14.0. The number of rotatable bonds is 4. The van der Waals surface area contributed by atoms with Gasteiger partial charge in [0.2, 0.25) is 5.91 Å². The van der Waals surface area contributed by atoms with Gasteiger partial charge in [0.15, 0.2) is 0 Å². The SMILES string of the molecule is O=C(NC1CC1)C1COCCN1Cc1ccc(Br)cc1Cl. The van der Waals surface area contributed by atoms with Crippen molar-refractivity contribution < 1.29 is 9.53 Å². The molecule has 3 rings (SSSR count). The Bertz CT molecular complexity index is 536. The van der Waals surface area contributed by atoms with Crippen LogP contribution in [0.3, 0.4) is 0 Å². The topological polar surface area (TPSA) is 41.6 Å². The Hall–Kier alpha value is -0.620. The Balaban J connectivity index is 1.69. The fourth-order valence-corrected chi connectivity index (χ4v) is 3.20. The second-order valence-corrected chi connectivity index (χ2v) is 6.90. The lowest BCUT2D eigenvalue weighted by Gasteiger charge is -2.34. The molecular weight excluding hydrogens is 356 g/mol. The highest BCUT2D eigenvalue weighted by atomic mass is 79.9. The number of hydrogen-bond donors (Lipinski definition) is 1. The van der Waals surface area contributed by atoms with Crippen LogP contribution in [0.4, 0.5) is 0 Å². The molecule has 6 heteroatoms. The number of hydrogen-bond acceptors (Lipinski definition) is 3. The molecule has 1 aromatic carbocycles. The normalized spacial score (nSPS) is 23.0. The molecule has 2 aliphatic rings. The van der Waals surface area contributed by atoms with E-state index in [9.17, 15) is 4.79 Å². The van der Waals surface area contributed by atoms with Gasteiger partial charge in [-0.3, -0.25) is 9.69 Å². The summed E-state index contributed by atoms with van der Waals surface area (Å²) in [7, 11) is 0. The summed E-state index contributed by atoms with van der Waals surface area (Å²) >= 11 is 9.69. The molecule has 1 N–H and O–H groups in total. The summed E-state index contributed by atoms with van der Waals surface area (Å²) in [6, 6.07) is 6.01. The zero-order chi connectivity index (χ0) is 14.8. The minimum atomic E-state index is -0.223. The number of benzene rings is 1. The van der Waals surface area contributed by atoms with E-state index in [-0.39, 0.29) is 11.9 Å². The number of nitrogens with one attached hydrogen (secondary N) is 1. The standard InChI is InChI=1S/C15H18BrClN2O2/c16-11-2-1-10(13(17)7-11)8-19-5-6-21-9-14(19)15(20)18-12-3-4-12/h1-2,7,12,14H,3-6,8-9H2,(H,18,20). The van der Waals surface area contributed by atoms with Crippen molar-refractivity contribution in [3.8, 4) is 0 Å². The molecule has 1 aliphatic carbocycles. The van der Waals surface area contributed by atoms with E-state index in [0.29, 0.717) is 25.8 Å². The van der Waals surface area contributed by atoms with E-state index in [0.717, 1.165) is 34.4 Å². The van der Waals surface area contributed by atoms with Crippen LogP contribution in [-0.4, -0.2) is 42.6 Å². The lowest BCUT2D eigenvalue weighted by Crippen LogP contribution is -2.53. The summed E-state index contributed by atoms with van der Waals surface area (Å²) in [4.78, 5) is 14.5. The number of carbonyl (C=O) groups excluding carboxylic acids is 1. The van der Waals surface area contributed by atoms with Crippen molar-refractivity contribution >= 4 is 33.4 Å². The molecule has 1 atom stereocenters. The van der Waals surface area contributed by atoms with Crippen molar-refractivity contribution in [3.63, 3.8) is 0 Å². The molecule has 1 aromatic rings. The van der Waals surface area contributed by atoms with E-state index in [1.165, 1.54) is 0 Å². The van der Waals surface area contributed by atoms with Crippen LogP contribution in [0, 0.1) is 0 Å². The second-order valence-electron chi connectivity index (χ2n) is 5.58. The number of carbonyl (C=O) groups is 1. The Labute approximate surface area is 137 Å². The summed E-state index contributed by atoms with van der Waals surface area (Å²) in [6.07, 6.45) is 2.19. The quantitative estimate of drug-likeness (QED) is 0.882. The van der Waals surface area contributed by atoms with Gasteiger partial charge >= 0.3 is 0 Å². The maximum Gasteiger partial charge on any atom is 0.239 e.